The Balaban J connectivity index is 1.28. The third-order valence-corrected chi connectivity index (χ3v) is 7.74. The molecule has 1 saturated carbocycles. The van der Waals surface area contributed by atoms with Crippen molar-refractivity contribution in [3.8, 4) is 11.1 Å². The van der Waals surface area contributed by atoms with Crippen molar-refractivity contribution in [2.24, 2.45) is 0 Å². The van der Waals surface area contributed by atoms with Crippen LogP contribution in [0.4, 0.5) is 4.79 Å². The number of amides is 2. The van der Waals surface area contributed by atoms with E-state index in [0.29, 0.717) is 24.5 Å². The monoisotopic (exact) mass is 452 g/mol. The molecule has 3 aliphatic rings. The zero-order valence-electron chi connectivity index (χ0n) is 17.5. The molecule has 8 heteroatoms. The summed E-state index contributed by atoms with van der Waals surface area (Å²) >= 11 is 1.41. The van der Waals surface area contributed by atoms with Gasteiger partial charge in [-0.3, -0.25) is 4.79 Å². The highest BCUT2D eigenvalue weighted by Crippen LogP contribution is 2.44. The van der Waals surface area contributed by atoms with Gasteiger partial charge in [0.2, 0.25) is 5.91 Å². The number of ether oxygens (including phenoxy) is 1. The minimum atomic E-state index is -1.07. The smallest absolute Gasteiger partial charge is 0.408 e. The topological polar surface area (TPSA) is 95.9 Å². The van der Waals surface area contributed by atoms with Crippen LogP contribution in [-0.2, 0) is 14.3 Å². The quantitative estimate of drug-likeness (QED) is 0.722. The highest BCUT2D eigenvalue weighted by Gasteiger charge is 2.51. The third kappa shape index (κ3) is 3.43. The Bertz CT molecular complexity index is 1040. The first-order valence-electron chi connectivity index (χ1n) is 10.7. The lowest BCUT2D eigenvalue weighted by Gasteiger charge is -2.43. The van der Waals surface area contributed by atoms with Gasteiger partial charge in [-0.15, -0.1) is 11.8 Å². The Morgan fingerprint density at radius 1 is 1.06 bits per heavy atom. The molecule has 7 nitrogen and oxygen atoms in total. The maximum atomic E-state index is 13.2. The van der Waals surface area contributed by atoms with Gasteiger partial charge in [0.1, 0.15) is 18.2 Å². The van der Waals surface area contributed by atoms with E-state index in [1.807, 2.05) is 24.3 Å². The number of fused-ring (bicyclic) bond motifs is 3. The second-order valence-corrected chi connectivity index (χ2v) is 9.51. The minimum absolute atomic E-state index is 0.0624. The lowest BCUT2D eigenvalue weighted by Crippen LogP contribution is -2.64. The van der Waals surface area contributed by atoms with E-state index in [4.69, 9.17) is 4.74 Å². The molecule has 0 radical (unpaired) electrons. The number of aliphatic carboxylic acids is 1. The molecular formula is C24H24N2O5S. The first kappa shape index (κ1) is 20.9. The predicted octanol–water partition coefficient (Wildman–Crippen LogP) is 3.43. The van der Waals surface area contributed by atoms with Crippen molar-refractivity contribution >= 4 is 29.7 Å². The Hall–Kier alpha value is -3.00. The van der Waals surface area contributed by atoms with Gasteiger partial charge in [-0.1, -0.05) is 48.5 Å². The summed E-state index contributed by atoms with van der Waals surface area (Å²) < 4.78 is 5.62. The number of nitrogens with zero attached hydrogens (tertiary/aromatic N) is 1. The molecule has 2 aromatic carbocycles. The van der Waals surface area contributed by atoms with E-state index in [1.54, 1.807) is 0 Å². The molecule has 2 fully saturated rings. The zero-order chi connectivity index (χ0) is 22.3. The van der Waals surface area contributed by atoms with Crippen molar-refractivity contribution in [2.45, 2.75) is 36.8 Å². The van der Waals surface area contributed by atoms with Crippen LogP contribution in [0.5, 0.6) is 0 Å². The fraction of sp³-hybridized carbons (Fsp3) is 0.375. The van der Waals surface area contributed by atoms with E-state index >= 15 is 0 Å². The Morgan fingerprint density at radius 2 is 1.69 bits per heavy atom. The van der Waals surface area contributed by atoms with Gasteiger partial charge < -0.3 is 20.1 Å². The molecule has 2 N–H and O–H groups in total. The van der Waals surface area contributed by atoms with Gasteiger partial charge in [-0.2, -0.15) is 0 Å². The van der Waals surface area contributed by atoms with E-state index < -0.39 is 23.6 Å². The number of hydrogen-bond donors (Lipinski definition) is 2. The summed E-state index contributed by atoms with van der Waals surface area (Å²) in [6.45, 7) is 0.168. The molecule has 0 aromatic heterocycles. The molecule has 1 unspecified atom stereocenters. The van der Waals surface area contributed by atoms with Crippen molar-refractivity contribution in [2.75, 3.05) is 18.2 Å². The lowest BCUT2D eigenvalue weighted by atomic mass is 9.75. The van der Waals surface area contributed by atoms with Crippen LogP contribution in [0.15, 0.2) is 48.5 Å². The maximum absolute atomic E-state index is 13.2. The molecule has 1 atom stereocenters. The number of benzene rings is 2. The number of carboxylic acid groups (broad SMARTS) is 1. The minimum Gasteiger partial charge on any atom is -0.480 e. The number of carbonyl (C=O) groups is 3. The maximum Gasteiger partial charge on any atom is 0.408 e. The summed E-state index contributed by atoms with van der Waals surface area (Å²) in [6.07, 6.45) is 1.14. The van der Waals surface area contributed by atoms with Crippen LogP contribution in [0, 0.1) is 0 Å². The Labute approximate surface area is 190 Å². The number of rotatable bonds is 5. The highest BCUT2D eigenvalue weighted by atomic mass is 32.2. The normalized spacial score (nSPS) is 20.8. The highest BCUT2D eigenvalue weighted by molar-refractivity contribution is 7.99. The van der Waals surface area contributed by atoms with Crippen LogP contribution in [0.3, 0.4) is 0 Å². The average Bonchev–Trinajstić information content (AvgIpc) is 3.38. The van der Waals surface area contributed by atoms with Gasteiger partial charge >= 0.3 is 12.1 Å². The fourth-order valence-corrected chi connectivity index (χ4v) is 6.02. The standard InChI is InChI=1S/C24H24N2O5S/c27-21(28)20-13-32-14-26(20)22(29)24(10-5-11-24)25-23(30)31-12-19-17-8-3-1-6-15(17)16-7-2-4-9-18(16)19/h1-4,6-9,19-20H,5,10-14H2,(H,25,30)(H,27,28). The second-order valence-electron chi connectivity index (χ2n) is 8.52. The first-order valence-corrected chi connectivity index (χ1v) is 11.9. The second kappa shape index (κ2) is 8.16. The van der Waals surface area contributed by atoms with Crippen molar-refractivity contribution in [1.82, 2.24) is 10.2 Å². The van der Waals surface area contributed by atoms with Crippen molar-refractivity contribution in [3.63, 3.8) is 0 Å². The van der Waals surface area contributed by atoms with Gasteiger partial charge in [0, 0.05) is 11.7 Å². The molecule has 2 aromatic rings. The number of carbonyl (C=O) groups excluding carboxylic acids is 2. The average molecular weight is 453 g/mol. The third-order valence-electron chi connectivity index (χ3n) is 6.73. The molecule has 1 saturated heterocycles. The number of hydrogen-bond acceptors (Lipinski definition) is 5. The summed E-state index contributed by atoms with van der Waals surface area (Å²) in [5, 5.41) is 12.2. The van der Waals surface area contributed by atoms with Gasteiger partial charge in [0.25, 0.3) is 0 Å². The number of alkyl carbamates (subject to hydrolysis) is 1. The molecule has 1 aliphatic heterocycles. The number of carboxylic acids is 1. The molecular weight excluding hydrogens is 428 g/mol. The van der Waals surface area contributed by atoms with Crippen LogP contribution in [0.1, 0.15) is 36.3 Å². The summed E-state index contributed by atoms with van der Waals surface area (Å²) in [7, 11) is 0. The van der Waals surface area contributed by atoms with Crippen LogP contribution in [0.2, 0.25) is 0 Å². The Kier molecular flexibility index (Phi) is 5.33. The lowest BCUT2D eigenvalue weighted by molar-refractivity contribution is -0.152. The molecule has 32 heavy (non-hydrogen) atoms. The molecule has 0 spiro atoms. The van der Waals surface area contributed by atoms with E-state index in [2.05, 4.69) is 29.6 Å². The molecule has 2 amide bonds. The van der Waals surface area contributed by atoms with Crippen LogP contribution in [-0.4, -0.2) is 57.8 Å². The molecule has 0 bridgehead atoms. The van der Waals surface area contributed by atoms with E-state index in [1.165, 1.54) is 16.7 Å². The van der Waals surface area contributed by atoms with Gasteiger partial charge in [-0.05, 0) is 41.5 Å². The van der Waals surface area contributed by atoms with E-state index in [9.17, 15) is 19.5 Å². The summed E-state index contributed by atoms with van der Waals surface area (Å²) in [6, 6.07) is 15.3. The first-order chi connectivity index (χ1) is 15.5. The number of thioether (sulfide) groups is 1. The Morgan fingerprint density at radius 3 is 2.25 bits per heavy atom. The summed E-state index contributed by atoms with van der Waals surface area (Å²) in [4.78, 5) is 38.8. The van der Waals surface area contributed by atoms with E-state index in [0.717, 1.165) is 28.7 Å². The molecule has 166 valence electrons. The van der Waals surface area contributed by atoms with Crippen LogP contribution in [0.25, 0.3) is 11.1 Å². The zero-order valence-corrected chi connectivity index (χ0v) is 18.3. The largest absolute Gasteiger partial charge is 0.480 e. The summed E-state index contributed by atoms with van der Waals surface area (Å²) in [5.41, 5.74) is 3.47. The fourth-order valence-electron chi connectivity index (χ4n) is 4.87. The van der Waals surface area contributed by atoms with Crippen molar-refractivity contribution in [1.29, 1.82) is 0 Å². The van der Waals surface area contributed by atoms with Gasteiger partial charge in [0.15, 0.2) is 0 Å². The predicted molar refractivity (Wildman–Crippen MR) is 120 cm³/mol. The summed E-state index contributed by atoms with van der Waals surface area (Å²) in [5.74, 6) is -0.715. The molecule has 1 heterocycles. The van der Waals surface area contributed by atoms with Crippen molar-refractivity contribution in [3.05, 3.63) is 59.7 Å². The van der Waals surface area contributed by atoms with Crippen LogP contribution >= 0.6 is 11.8 Å². The SMILES string of the molecule is O=C(NC1(C(=O)N2CSCC2C(=O)O)CCC1)OCC1c2ccccc2-c2ccccc21. The molecule has 2 aliphatic carbocycles. The number of nitrogens with one attached hydrogen (secondary N) is 1. The van der Waals surface area contributed by atoms with E-state index in [-0.39, 0.29) is 18.4 Å². The van der Waals surface area contributed by atoms with Crippen molar-refractivity contribution < 1.29 is 24.2 Å². The molecule has 5 rings (SSSR count). The van der Waals surface area contributed by atoms with Gasteiger partial charge in [0.05, 0.1) is 5.88 Å². The van der Waals surface area contributed by atoms with Crippen LogP contribution < -0.4 is 5.32 Å². The van der Waals surface area contributed by atoms with Gasteiger partial charge in [-0.25, -0.2) is 9.59 Å².